The molecule has 11 heteroatoms. The highest BCUT2D eigenvalue weighted by Crippen LogP contribution is 2.59. The summed E-state index contributed by atoms with van der Waals surface area (Å²) in [4.78, 5) is 2.38. The van der Waals surface area contributed by atoms with Crippen molar-refractivity contribution < 1.29 is 36.2 Å². The van der Waals surface area contributed by atoms with Gasteiger partial charge in [0, 0.05) is 21.7 Å². The van der Waals surface area contributed by atoms with Gasteiger partial charge in [0.1, 0.15) is 17.1 Å². The third kappa shape index (κ3) is 6.62. The zero-order valence-electron chi connectivity index (χ0n) is 26.4. The molecule has 6 nitrogen and oxygen atoms in total. The van der Waals surface area contributed by atoms with E-state index in [0.29, 0.717) is 27.9 Å². The highest BCUT2D eigenvalue weighted by Gasteiger charge is 2.67. The van der Waals surface area contributed by atoms with E-state index in [-0.39, 0.29) is 23.8 Å². The SMILES string of the molecule is O=S(=O)(c1ccccc1)[C@@H]1C[C@]2(c3ccccc3)N(Cc3ccccc3)[C@H]1CC[C@@]2(O)C=C(I)c1cc(OC(F)(F)F)ccc1OC1CC1. The highest BCUT2D eigenvalue weighted by atomic mass is 127. The molecule has 4 atom stereocenters. The maximum atomic E-state index is 14.5. The summed E-state index contributed by atoms with van der Waals surface area (Å²) in [5, 5.41) is 12.3. The number of ether oxygens (including phenoxy) is 2. The van der Waals surface area contributed by atoms with Crippen molar-refractivity contribution in [1.29, 1.82) is 0 Å². The normalized spacial score (nSPS) is 26.0. The molecular weight excluding hydrogens is 766 g/mol. The summed E-state index contributed by atoms with van der Waals surface area (Å²) in [5.74, 6) is -0.0110. The minimum atomic E-state index is -4.89. The lowest BCUT2D eigenvalue weighted by molar-refractivity contribution is -0.274. The largest absolute Gasteiger partial charge is 0.573 e. The van der Waals surface area contributed by atoms with Crippen LogP contribution in [0.3, 0.4) is 0 Å². The van der Waals surface area contributed by atoms with Crippen molar-refractivity contribution in [1.82, 2.24) is 4.90 Å². The van der Waals surface area contributed by atoms with E-state index in [2.05, 4.69) is 9.64 Å². The fourth-order valence-electron chi connectivity index (χ4n) is 7.59. The minimum absolute atomic E-state index is 0.0355. The number of sulfone groups is 1. The van der Waals surface area contributed by atoms with Crippen molar-refractivity contribution in [2.24, 2.45) is 0 Å². The third-order valence-electron chi connectivity index (χ3n) is 9.90. The molecule has 3 aliphatic rings. The first-order valence-electron chi connectivity index (χ1n) is 16.2. The van der Waals surface area contributed by atoms with Crippen LogP contribution in [0.2, 0.25) is 0 Å². The summed E-state index contributed by atoms with van der Waals surface area (Å²) in [7, 11) is -3.85. The summed E-state index contributed by atoms with van der Waals surface area (Å²) in [6.45, 7) is 0.374. The third-order valence-corrected chi connectivity index (χ3v) is 13.0. The van der Waals surface area contributed by atoms with Gasteiger partial charge in [-0.05, 0) is 102 Å². The van der Waals surface area contributed by atoms with E-state index in [1.807, 2.05) is 83.3 Å². The van der Waals surface area contributed by atoms with Crippen LogP contribution in [-0.2, 0) is 21.9 Å². The number of hydrogen-bond acceptors (Lipinski definition) is 6. The second-order valence-electron chi connectivity index (χ2n) is 13.0. The predicted octanol–water partition coefficient (Wildman–Crippen LogP) is 8.44. The zero-order valence-corrected chi connectivity index (χ0v) is 29.4. The Kier molecular flexibility index (Phi) is 9.08. The minimum Gasteiger partial charge on any atom is -0.490 e. The van der Waals surface area contributed by atoms with Gasteiger partial charge in [0.05, 0.1) is 21.8 Å². The monoisotopic (exact) mass is 801 g/mol. The van der Waals surface area contributed by atoms with Crippen LogP contribution in [-0.4, -0.2) is 47.8 Å². The van der Waals surface area contributed by atoms with Gasteiger partial charge in [0.15, 0.2) is 9.84 Å². The van der Waals surface area contributed by atoms with E-state index >= 15 is 0 Å². The summed E-state index contributed by atoms with van der Waals surface area (Å²) < 4.78 is 79.6. The topological polar surface area (TPSA) is 76.1 Å². The number of nitrogens with zero attached hydrogens (tertiary/aromatic N) is 1. The molecule has 256 valence electrons. The van der Waals surface area contributed by atoms with Crippen molar-refractivity contribution in [3.8, 4) is 11.5 Å². The van der Waals surface area contributed by atoms with E-state index < -0.39 is 44.4 Å². The Bertz CT molecular complexity index is 1940. The van der Waals surface area contributed by atoms with Crippen LogP contribution in [0, 0.1) is 0 Å². The summed E-state index contributed by atoms with van der Waals surface area (Å²) in [6.07, 6.45) is -0.847. The molecule has 0 aromatic heterocycles. The first-order valence-corrected chi connectivity index (χ1v) is 18.8. The molecular formula is C38H35F3INO5S. The van der Waals surface area contributed by atoms with Gasteiger partial charge in [0.25, 0.3) is 0 Å². The van der Waals surface area contributed by atoms with Gasteiger partial charge in [-0.15, -0.1) is 13.2 Å². The molecule has 1 aliphatic carbocycles. The van der Waals surface area contributed by atoms with E-state index in [0.717, 1.165) is 24.0 Å². The van der Waals surface area contributed by atoms with Crippen molar-refractivity contribution in [2.75, 3.05) is 0 Å². The van der Waals surface area contributed by atoms with Gasteiger partial charge < -0.3 is 14.6 Å². The molecule has 49 heavy (non-hydrogen) atoms. The molecule has 1 saturated carbocycles. The second-order valence-corrected chi connectivity index (χ2v) is 16.3. The molecule has 0 amide bonds. The van der Waals surface area contributed by atoms with Crippen molar-refractivity contribution in [3.05, 3.63) is 132 Å². The first kappa shape index (κ1) is 34.1. The number of piperidine rings is 1. The van der Waals surface area contributed by atoms with Crippen LogP contribution < -0.4 is 9.47 Å². The Labute approximate surface area is 297 Å². The molecule has 0 radical (unpaired) electrons. The maximum Gasteiger partial charge on any atom is 0.573 e. The molecule has 2 saturated heterocycles. The molecule has 4 aromatic carbocycles. The van der Waals surface area contributed by atoms with Crippen molar-refractivity contribution in [2.45, 2.75) is 78.4 Å². The van der Waals surface area contributed by atoms with Gasteiger partial charge >= 0.3 is 6.36 Å². The number of benzene rings is 4. The lowest BCUT2D eigenvalue weighted by atomic mass is 9.68. The lowest BCUT2D eigenvalue weighted by Crippen LogP contribution is -2.62. The first-order chi connectivity index (χ1) is 23.4. The number of alkyl halides is 3. The van der Waals surface area contributed by atoms with Crippen LogP contribution in [0.1, 0.15) is 48.8 Å². The van der Waals surface area contributed by atoms with Gasteiger partial charge in [-0.1, -0.05) is 78.9 Å². The summed E-state index contributed by atoms with van der Waals surface area (Å²) in [5.41, 5.74) is -0.782. The fraction of sp³-hybridized carbons (Fsp3) is 0.316. The summed E-state index contributed by atoms with van der Waals surface area (Å²) in [6, 6.07) is 31.2. The van der Waals surface area contributed by atoms with Crippen molar-refractivity contribution >= 4 is 36.0 Å². The highest BCUT2D eigenvalue weighted by molar-refractivity contribution is 14.1. The number of rotatable bonds is 10. The van der Waals surface area contributed by atoms with E-state index in [4.69, 9.17) is 4.74 Å². The molecule has 3 fully saturated rings. The Morgan fingerprint density at radius 1 is 0.918 bits per heavy atom. The lowest BCUT2D eigenvalue weighted by Gasteiger charge is -2.54. The molecule has 7 rings (SSSR count). The molecule has 4 aromatic rings. The van der Waals surface area contributed by atoms with Gasteiger partial charge in [0.2, 0.25) is 0 Å². The van der Waals surface area contributed by atoms with E-state index in [9.17, 15) is 26.7 Å². The van der Waals surface area contributed by atoms with Crippen LogP contribution >= 0.6 is 22.6 Å². The van der Waals surface area contributed by atoms with Crippen LogP contribution in [0.25, 0.3) is 3.58 Å². The fourth-order valence-corrected chi connectivity index (χ4v) is 10.6. The van der Waals surface area contributed by atoms with E-state index in [1.165, 1.54) is 18.2 Å². The Balaban J connectivity index is 1.40. The maximum absolute atomic E-state index is 14.5. The van der Waals surface area contributed by atoms with Crippen LogP contribution in [0.15, 0.2) is 120 Å². The van der Waals surface area contributed by atoms with E-state index in [1.54, 1.807) is 36.4 Å². The molecule has 2 bridgehead atoms. The Morgan fingerprint density at radius 2 is 1.55 bits per heavy atom. The Morgan fingerprint density at radius 3 is 2.18 bits per heavy atom. The molecule has 0 spiro atoms. The van der Waals surface area contributed by atoms with Crippen LogP contribution in [0.4, 0.5) is 13.2 Å². The number of fused-ring (bicyclic) bond motifs is 2. The van der Waals surface area contributed by atoms with Crippen molar-refractivity contribution in [3.63, 3.8) is 0 Å². The molecule has 2 aliphatic heterocycles. The average Bonchev–Trinajstić information content (AvgIpc) is 3.86. The molecule has 2 heterocycles. The second kappa shape index (κ2) is 13.1. The number of aliphatic hydroxyl groups is 1. The predicted molar refractivity (Wildman–Crippen MR) is 189 cm³/mol. The smallest absolute Gasteiger partial charge is 0.490 e. The Hall–Kier alpha value is -3.39. The number of hydrogen-bond donors (Lipinski definition) is 1. The van der Waals surface area contributed by atoms with Gasteiger partial charge in [-0.3, -0.25) is 4.90 Å². The van der Waals surface area contributed by atoms with Crippen LogP contribution in [0.5, 0.6) is 11.5 Å². The summed E-state index contributed by atoms with van der Waals surface area (Å²) >= 11 is 2.04. The zero-order chi connectivity index (χ0) is 34.4. The quantitative estimate of drug-likeness (QED) is 0.163. The standard InChI is InChI=1S/C38H35F3INO5S/c39-38(40,41)48-29-18-19-34(47-28-16-17-28)31(22-29)32(42)23-36(44)21-20-33-35(49(45,46)30-14-8-3-9-15-30)24-37(36,27-12-6-2-7-13-27)43(33)25-26-10-4-1-5-11-26/h1-15,18-19,22-23,28,33,35,44H,16-17,20-21,24-25H2/t33-,35+,36+,37+/m0/s1. The van der Waals surface area contributed by atoms with Gasteiger partial charge in [-0.2, -0.15) is 0 Å². The average molecular weight is 802 g/mol. The molecule has 0 unspecified atom stereocenters. The van der Waals surface area contributed by atoms with Gasteiger partial charge in [-0.25, -0.2) is 8.42 Å². The molecule has 1 N–H and O–H groups in total. The number of halogens is 4.